The highest BCUT2D eigenvalue weighted by Gasteiger charge is 2.19. The summed E-state index contributed by atoms with van der Waals surface area (Å²) in [5, 5.41) is 10.4. The Morgan fingerprint density at radius 1 is 0.951 bits per heavy atom. The molecule has 0 aliphatic heterocycles. The minimum absolute atomic E-state index is 0.151. The summed E-state index contributed by atoms with van der Waals surface area (Å²) in [6.45, 7) is 0.235. The number of ether oxygens (including phenoxy) is 1. The number of fused-ring (bicyclic) bond motifs is 1. The number of hydrogen-bond acceptors (Lipinski definition) is 5. The van der Waals surface area contributed by atoms with Gasteiger partial charge in [0.25, 0.3) is 0 Å². The first-order valence-corrected chi connectivity index (χ1v) is 13.8. The summed E-state index contributed by atoms with van der Waals surface area (Å²) in [7, 11) is 0. The second-order valence-corrected chi connectivity index (χ2v) is 10.3. The fraction of sp³-hybridized carbons (Fsp3) is 0.161. The molecule has 0 bridgehead atoms. The van der Waals surface area contributed by atoms with Gasteiger partial charge in [-0.25, -0.2) is 4.68 Å². The van der Waals surface area contributed by atoms with E-state index in [4.69, 9.17) is 33.7 Å². The average molecular weight is 588 g/mol. The zero-order valence-corrected chi connectivity index (χ0v) is 23.5. The lowest BCUT2D eigenvalue weighted by atomic mass is 10.0. The van der Waals surface area contributed by atoms with E-state index in [2.05, 4.69) is 15.4 Å². The van der Waals surface area contributed by atoms with Crippen molar-refractivity contribution < 1.29 is 14.3 Å². The Labute approximate surface area is 247 Å². The van der Waals surface area contributed by atoms with Crippen LogP contribution in [0.2, 0.25) is 10.0 Å². The maximum atomic E-state index is 12.7. The molecular formula is C31H27Cl2N5O3. The number of rotatable bonds is 11. The largest absolute Gasteiger partial charge is 0.478 e. The van der Waals surface area contributed by atoms with Gasteiger partial charge in [-0.2, -0.15) is 5.10 Å². The monoisotopic (exact) mass is 587 g/mol. The van der Waals surface area contributed by atoms with Gasteiger partial charge in [-0.05, 0) is 53.1 Å². The summed E-state index contributed by atoms with van der Waals surface area (Å²) >= 11 is 12.3. The standard InChI is InChI=1S/C31H27Cl2N5O3/c32-25-12-11-24(17-26(25)33)38-30(18-27(37-38)23-7-3-13-35-19-23)41-14-4-8-29(39)36-28(31(34)40)16-20-9-10-21-5-1-2-6-22(21)15-20/h1-3,5-7,9-13,15,17-19,28H,4,8,14,16H2,(H2,34,40)(H,36,39)/t28-/m0/s1. The first-order valence-electron chi connectivity index (χ1n) is 13.0. The fourth-order valence-corrected chi connectivity index (χ4v) is 4.72. The summed E-state index contributed by atoms with van der Waals surface area (Å²) in [6, 6.07) is 23.8. The minimum atomic E-state index is -0.817. The Bertz CT molecular complexity index is 1690. The Kier molecular flexibility index (Phi) is 8.82. The molecule has 10 heteroatoms. The lowest BCUT2D eigenvalue weighted by Crippen LogP contribution is -2.45. The highest BCUT2D eigenvalue weighted by Crippen LogP contribution is 2.30. The third-order valence-corrected chi connectivity index (χ3v) is 7.25. The van der Waals surface area contributed by atoms with Gasteiger partial charge in [-0.3, -0.25) is 14.6 Å². The van der Waals surface area contributed by atoms with E-state index in [1.807, 2.05) is 54.6 Å². The summed E-state index contributed by atoms with van der Waals surface area (Å²) in [5.41, 5.74) is 8.67. The molecule has 2 amide bonds. The predicted octanol–water partition coefficient (Wildman–Crippen LogP) is 5.77. The minimum Gasteiger partial charge on any atom is -0.478 e. The van der Waals surface area contributed by atoms with Gasteiger partial charge >= 0.3 is 0 Å². The van der Waals surface area contributed by atoms with Crippen molar-refractivity contribution in [2.75, 3.05) is 6.61 Å². The SMILES string of the molecule is NC(=O)[C@H](Cc1ccc2ccccc2c1)NC(=O)CCCOc1cc(-c2cccnc2)nn1-c1ccc(Cl)c(Cl)c1. The van der Waals surface area contributed by atoms with E-state index in [1.54, 1.807) is 41.3 Å². The number of primary amides is 1. The second kappa shape index (κ2) is 12.8. The molecule has 0 saturated heterocycles. The summed E-state index contributed by atoms with van der Waals surface area (Å²) < 4.78 is 7.66. The lowest BCUT2D eigenvalue weighted by Gasteiger charge is -2.16. The molecule has 0 fully saturated rings. The zero-order chi connectivity index (χ0) is 28.8. The Morgan fingerprint density at radius 2 is 1.78 bits per heavy atom. The number of pyridine rings is 1. The number of carbonyl (C=O) groups excluding carboxylic acids is 2. The summed E-state index contributed by atoms with van der Waals surface area (Å²) in [5.74, 6) is -0.405. The van der Waals surface area contributed by atoms with Crippen LogP contribution in [0.3, 0.4) is 0 Å². The van der Waals surface area contributed by atoms with Crippen molar-refractivity contribution in [3.63, 3.8) is 0 Å². The molecule has 2 heterocycles. The molecule has 0 aliphatic carbocycles. The Hall–Kier alpha value is -4.40. The van der Waals surface area contributed by atoms with Crippen molar-refractivity contribution in [3.8, 4) is 22.8 Å². The van der Waals surface area contributed by atoms with Crippen molar-refractivity contribution in [1.82, 2.24) is 20.1 Å². The number of hydrogen-bond donors (Lipinski definition) is 2. The molecule has 41 heavy (non-hydrogen) atoms. The summed E-state index contributed by atoms with van der Waals surface area (Å²) in [6.07, 6.45) is 4.26. The highest BCUT2D eigenvalue weighted by atomic mass is 35.5. The first-order chi connectivity index (χ1) is 19.9. The second-order valence-electron chi connectivity index (χ2n) is 9.48. The smallest absolute Gasteiger partial charge is 0.240 e. The quantitative estimate of drug-likeness (QED) is 0.191. The molecule has 0 saturated carbocycles. The molecule has 208 valence electrons. The van der Waals surface area contributed by atoms with Crippen LogP contribution in [0.1, 0.15) is 18.4 Å². The molecule has 2 aromatic heterocycles. The molecular weight excluding hydrogens is 561 g/mol. The number of aromatic nitrogens is 3. The summed E-state index contributed by atoms with van der Waals surface area (Å²) in [4.78, 5) is 29.0. The van der Waals surface area contributed by atoms with Crippen LogP contribution in [0.4, 0.5) is 0 Å². The molecule has 0 spiro atoms. The Morgan fingerprint density at radius 3 is 2.54 bits per heavy atom. The molecule has 0 aliphatic rings. The van der Waals surface area contributed by atoms with E-state index in [-0.39, 0.29) is 18.9 Å². The van der Waals surface area contributed by atoms with Gasteiger partial charge in [0.15, 0.2) is 0 Å². The third-order valence-electron chi connectivity index (χ3n) is 6.51. The maximum absolute atomic E-state index is 12.7. The molecule has 3 N–H and O–H groups in total. The van der Waals surface area contributed by atoms with Crippen molar-refractivity contribution in [3.05, 3.63) is 107 Å². The molecule has 0 radical (unpaired) electrons. The van der Waals surface area contributed by atoms with Crippen LogP contribution in [-0.2, 0) is 16.0 Å². The number of carbonyl (C=O) groups is 2. The van der Waals surface area contributed by atoms with Crippen molar-refractivity contribution in [2.24, 2.45) is 5.73 Å². The first kappa shape index (κ1) is 28.1. The predicted molar refractivity (Wildman–Crippen MR) is 160 cm³/mol. The number of benzene rings is 3. The van der Waals surface area contributed by atoms with Gasteiger partial charge in [-0.15, -0.1) is 0 Å². The van der Waals surface area contributed by atoms with Crippen LogP contribution in [0.15, 0.2) is 91.3 Å². The number of nitrogens with two attached hydrogens (primary N) is 1. The van der Waals surface area contributed by atoms with Crippen LogP contribution in [0.25, 0.3) is 27.7 Å². The molecule has 5 rings (SSSR count). The normalized spacial score (nSPS) is 11.8. The molecule has 3 aromatic carbocycles. The van der Waals surface area contributed by atoms with Gasteiger partial charge in [-0.1, -0.05) is 65.7 Å². The topological polar surface area (TPSA) is 112 Å². The van der Waals surface area contributed by atoms with Crippen LogP contribution in [0, 0.1) is 0 Å². The van der Waals surface area contributed by atoms with Crippen LogP contribution < -0.4 is 15.8 Å². The van der Waals surface area contributed by atoms with Crippen LogP contribution in [-0.4, -0.2) is 39.2 Å². The third kappa shape index (κ3) is 7.03. The van der Waals surface area contributed by atoms with E-state index < -0.39 is 11.9 Å². The van der Waals surface area contributed by atoms with E-state index in [0.29, 0.717) is 40.1 Å². The van der Waals surface area contributed by atoms with E-state index in [0.717, 1.165) is 21.9 Å². The number of nitrogens with one attached hydrogen (secondary N) is 1. The van der Waals surface area contributed by atoms with Crippen molar-refractivity contribution in [2.45, 2.75) is 25.3 Å². The van der Waals surface area contributed by atoms with Crippen LogP contribution >= 0.6 is 23.2 Å². The molecule has 5 aromatic rings. The number of nitrogens with zero attached hydrogens (tertiary/aromatic N) is 3. The maximum Gasteiger partial charge on any atom is 0.240 e. The van der Waals surface area contributed by atoms with E-state index >= 15 is 0 Å². The van der Waals surface area contributed by atoms with Gasteiger partial charge in [0, 0.05) is 36.9 Å². The number of amides is 2. The van der Waals surface area contributed by atoms with E-state index in [1.165, 1.54) is 0 Å². The molecule has 1 atom stereocenters. The average Bonchev–Trinajstić information content (AvgIpc) is 3.41. The number of halogens is 2. The van der Waals surface area contributed by atoms with Crippen molar-refractivity contribution in [1.29, 1.82) is 0 Å². The van der Waals surface area contributed by atoms with E-state index in [9.17, 15) is 9.59 Å². The van der Waals surface area contributed by atoms with Gasteiger partial charge in [0.05, 0.1) is 28.0 Å². The van der Waals surface area contributed by atoms with Crippen molar-refractivity contribution >= 4 is 45.8 Å². The highest BCUT2D eigenvalue weighted by molar-refractivity contribution is 6.42. The molecule has 0 unspecified atom stereocenters. The van der Waals surface area contributed by atoms with Gasteiger partial charge < -0.3 is 15.8 Å². The Balaban J connectivity index is 1.21. The van der Waals surface area contributed by atoms with Gasteiger partial charge in [0.2, 0.25) is 17.7 Å². The lowest BCUT2D eigenvalue weighted by molar-refractivity contribution is -0.127. The van der Waals surface area contributed by atoms with Gasteiger partial charge in [0.1, 0.15) is 6.04 Å². The molecule has 8 nitrogen and oxygen atoms in total. The fourth-order valence-electron chi connectivity index (χ4n) is 4.42. The zero-order valence-electron chi connectivity index (χ0n) is 22.0. The van der Waals surface area contributed by atoms with Crippen LogP contribution in [0.5, 0.6) is 5.88 Å².